The van der Waals surface area contributed by atoms with Crippen LogP contribution in [0.15, 0.2) is 22.6 Å². The largest absolute Gasteiger partial charge is 0.441 e. The number of hydrogen-bond acceptors (Lipinski definition) is 4. The molecule has 1 atom stereocenters. The fraction of sp³-hybridized carbons (Fsp3) is 0.529. The van der Waals surface area contributed by atoms with Gasteiger partial charge >= 0.3 is 0 Å². The summed E-state index contributed by atoms with van der Waals surface area (Å²) in [6.45, 7) is 5.16. The Labute approximate surface area is 129 Å². The average molecular weight is 300 g/mol. The number of aromatic nitrogens is 1. The number of oxazole rings is 1. The lowest BCUT2D eigenvalue weighted by molar-refractivity contribution is -0.176. The molecule has 1 amide bonds. The topological polar surface area (TPSA) is 55.6 Å². The first-order valence-electron chi connectivity index (χ1n) is 7.90. The number of ether oxygens (including phenoxy) is 1. The molecule has 1 spiro atoms. The molecule has 0 N–H and O–H groups in total. The van der Waals surface area contributed by atoms with Gasteiger partial charge < -0.3 is 14.1 Å². The first-order valence-corrected chi connectivity index (χ1v) is 7.90. The number of benzene rings is 1. The van der Waals surface area contributed by atoms with Crippen LogP contribution < -0.4 is 0 Å². The molecular weight excluding hydrogens is 280 g/mol. The van der Waals surface area contributed by atoms with Crippen LogP contribution in [0.4, 0.5) is 0 Å². The van der Waals surface area contributed by atoms with Crippen LogP contribution in [0.2, 0.25) is 0 Å². The van der Waals surface area contributed by atoms with Crippen LogP contribution >= 0.6 is 0 Å². The van der Waals surface area contributed by atoms with E-state index in [1.54, 1.807) is 6.92 Å². The lowest BCUT2D eigenvalue weighted by atomic mass is 9.78. The van der Waals surface area contributed by atoms with Gasteiger partial charge in [-0.2, -0.15) is 0 Å². The molecule has 2 aromatic rings. The smallest absolute Gasteiger partial charge is 0.256 e. The van der Waals surface area contributed by atoms with E-state index in [4.69, 9.17) is 9.15 Å². The van der Waals surface area contributed by atoms with Gasteiger partial charge in [0.15, 0.2) is 11.5 Å². The minimum atomic E-state index is -0.110. The summed E-state index contributed by atoms with van der Waals surface area (Å²) in [6, 6.07) is 5.53. The van der Waals surface area contributed by atoms with Gasteiger partial charge in [0.2, 0.25) is 0 Å². The highest BCUT2D eigenvalue weighted by Gasteiger charge is 2.45. The molecule has 1 aliphatic heterocycles. The number of carbonyl (C=O) groups excluding carboxylic acids is 1. The second kappa shape index (κ2) is 4.81. The highest BCUT2D eigenvalue weighted by molar-refractivity contribution is 6.04. The van der Waals surface area contributed by atoms with Gasteiger partial charge in [0, 0.05) is 13.5 Å². The lowest BCUT2D eigenvalue weighted by Gasteiger charge is -2.50. The Morgan fingerprint density at radius 3 is 2.95 bits per heavy atom. The predicted octanol–water partition coefficient (Wildman–Crippen LogP) is 2.92. The normalized spacial score (nSPS) is 23.7. The van der Waals surface area contributed by atoms with Gasteiger partial charge in [-0.05, 0) is 38.3 Å². The molecule has 1 saturated carbocycles. The van der Waals surface area contributed by atoms with Crippen molar-refractivity contribution in [3.63, 3.8) is 0 Å². The number of nitrogens with zero attached hydrogens (tertiary/aromatic N) is 2. The van der Waals surface area contributed by atoms with Crippen LogP contribution in [0, 0.1) is 6.92 Å². The Morgan fingerprint density at radius 1 is 1.41 bits per heavy atom. The zero-order valence-electron chi connectivity index (χ0n) is 13.0. The number of para-hydroxylation sites is 1. The van der Waals surface area contributed by atoms with Gasteiger partial charge in [0.25, 0.3) is 5.91 Å². The number of aryl methyl sites for hydroxylation is 1. The third kappa shape index (κ3) is 2.11. The van der Waals surface area contributed by atoms with E-state index in [1.807, 2.05) is 30.0 Å². The molecule has 0 radical (unpaired) electrons. The Kier molecular flexibility index (Phi) is 3.01. The maximum Gasteiger partial charge on any atom is 0.256 e. The fourth-order valence-electron chi connectivity index (χ4n) is 3.63. The lowest BCUT2D eigenvalue weighted by Crippen LogP contribution is -2.59. The van der Waals surface area contributed by atoms with Crippen LogP contribution in [0.25, 0.3) is 11.1 Å². The average Bonchev–Trinajstić information content (AvgIpc) is 2.84. The molecule has 5 nitrogen and oxygen atoms in total. The van der Waals surface area contributed by atoms with Crippen LogP contribution in [0.1, 0.15) is 42.4 Å². The Bertz CT molecular complexity index is 733. The van der Waals surface area contributed by atoms with E-state index in [-0.39, 0.29) is 17.6 Å². The maximum atomic E-state index is 13.0. The Hall–Kier alpha value is -1.88. The number of morpholine rings is 1. The van der Waals surface area contributed by atoms with E-state index >= 15 is 0 Å². The Morgan fingerprint density at radius 2 is 2.23 bits per heavy atom. The molecule has 1 aliphatic carbocycles. The summed E-state index contributed by atoms with van der Waals surface area (Å²) in [5.41, 5.74) is 1.84. The summed E-state index contributed by atoms with van der Waals surface area (Å²) in [5.74, 6) is 0.612. The van der Waals surface area contributed by atoms with Crippen LogP contribution in [-0.4, -0.2) is 40.6 Å². The van der Waals surface area contributed by atoms with Crippen molar-refractivity contribution in [1.29, 1.82) is 0 Å². The molecule has 1 saturated heterocycles. The number of hydrogen-bond donors (Lipinski definition) is 0. The van der Waals surface area contributed by atoms with E-state index in [9.17, 15) is 4.79 Å². The molecule has 1 aromatic heterocycles. The molecule has 4 rings (SSSR count). The van der Waals surface area contributed by atoms with Crippen LogP contribution in [0.3, 0.4) is 0 Å². The third-order valence-electron chi connectivity index (χ3n) is 4.72. The molecule has 2 fully saturated rings. The van der Waals surface area contributed by atoms with E-state index < -0.39 is 0 Å². The summed E-state index contributed by atoms with van der Waals surface area (Å²) in [5, 5.41) is 0. The van der Waals surface area contributed by atoms with E-state index in [1.165, 1.54) is 6.42 Å². The summed E-state index contributed by atoms with van der Waals surface area (Å²) in [6.07, 6.45) is 3.37. The summed E-state index contributed by atoms with van der Waals surface area (Å²) in [7, 11) is 0. The van der Waals surface area contributed by atoms with Crippen LogP contribution in [-0.2, 0) is 4.74 Å². The van der Waals surface area contributed by atoms with Crippen molar-refractivity contribution in [3.8, 4) is 0 Å². The van der Waals surface area contributed by atoms with Crippen molar-refractivity contribution in [2.24, 2.45) is 0 Å². The van der Waals surface area contributed by atoms with Crippen molar-refractivity contribution in [3.05, 3.63) is 29.7 Å². The summed E-state index contributed by atoms with van der Waals surface area (Å²) >= 11 is 0. The molecule has 0 bridgehead atoms. The molecule has 2 aliphatic rings. The molecule has 5 heteroatoms. The molecule has 22 heavy (non-hydrogen) atoms. The molecule has 1 aromatic carbocycles. The van der Waals surface area contributed by atoms with Crippen molar-refractivity contribution in [2.45, 2.75) is 44.8 Å². The molecule has 116 valence electrons. The van der Waals surface area contributed by atoms with E-state index in [0.29, 0.717) is 35.6 Å². The van der Waals surface area contributed by atoms with Crippen molar-refractivity contribution in [1.82, 2.24) is 9.88 Å². The van der Waals surface area contributed by atoms with Gasteiger partial charge in [-0.15, -0.1) is 0 Å². The Balaban J connectivity index is 1.67. The zero-order valence-corrected chi connectivity index (χ0v) is 13.0. The molecular formula is C17H20N2O3. The first-order chi connectivity index (χ1) is 10.6. The number of fused-ring (bicyclic) bond motifs is 1. The standard InChI is InChI=1S/C17H20N2O3/c1-11-9-19(10-17(22-11)7-4-8-17)16(20)13-5-3-6-14-15(13)18-12(2)21-14/h3,5-6,11H,4,7-10H2,1-2H3/t11-/m0/s1. The number of carbonyl (C=O) groups is 1. The fourth-order valence-corrected chi connectivity index (χ4v) is 3.63. The van der Waals surface area contributed by atoms with Gasteiger partial charge in [-0.1, -0.05) is 6.07 Å². The highest BCUT2D eigenvalue weighted by atomic mass is 16.5. The molecule has 0 unspecified atom stereocenters. The van der Waals surface area contributed by atoms with Crippen molar-refractivity contribution in [2.75, 3.05) is 13.1 Å². The van der Waals surface area contributed by atoms with E-state index in [2.05, 4.69) is 4.98 Å². The third-order valence-corrected chi connectivity index (χ3v) is 4.72. The molecule has 2 heterocycles. The minimum absolute atomic E-state index is 0.0281. The number of amides is 1. The van der Waals surface area contributed by atoms with Crippen LogP contribution in [0.5, 0.6) is 0 Å². The van der Waals surface area contributed by atoms with Gasteiger partial charge in [0.05, 0.1) is 23.8 Å². The minimum Gasteiger partial charge on any atom is -0.441 e. The number of rotatable bonds is 1. The predicted molar refractivity (Wildman–Crippen MR) is 81.8 cm³/mol. The van der Waals surface area contributed by atoms with Gasteiger partial charge in [-0.25, -0.2) is 4.98 Å². The highest BCUT2D eigenvalue weighted by Crippen LogP contribution is 2.40. The second-order valence-corrected chi connectivity index (χ2v) is 6.54. The van der Waals surface area contributed by atoms with Gasteiger partial charge in [-0.3, -0.25) is 4.79 Å². The van der Waals surface area contributed by atoms with Gasteiger partial charge in [0.1, 0.15) is 5.52 Å². The second-order valence-electron chi connectivity index (χ2n) is 6.54. The monoisotopic (exact) mass is 300 g/mol. The van der Waals surface area contributed by atoms with Crippen molar-refractivity contribution < 1.29 is 13.9 Å². The van der Waals surface area contributed by atoms with Crippen molar-refractivity contribution >= 4 is 17.0 Å². The maximum absolute atomic E-state index is 13.0. The SMILES string of the molecule is Cc1nc2c(C(=O)N3C[C@H](C)OC4(CCC4)C3)cccc2o1. The quantitative estimate of drug-likeness (QED) is 0.812. The summed E-state index contributed by atoms with van der Waals surface area (Å²) in [4.78, 5) is 19.3. The van der Waals surface area contributed by atoms with E-state index in [0.717, 1.165) is 12.8 Å². The summed E-state index contributed by atoms with van der Waals surface area (Å²) < 4.78 is 11.6. The first kappa shape index (κ1) is 13.8. The zero-order chi connectivity index (χ0) is 15.3.